The summed E-state index contributed by atoms with van der Waals surface area (Å²) in [6, 6.07) is 33.2. The second-order valence-corrected chi connectivity index (χ2v) is 9.37. The van der Waals surface area contributed by atoms with Crippen molar-refractivity contribution in [3.05, 3.63) is 143 Å². The first-order valence-corrected chi connectivity index (χ1v) is 12.7. The number of anilines is 1. The van der Waals surface area contributed by atoms with E-state index in [1.165, 1.54) is 6.07 Å². The molecule has 2 aromatic heterocycles. The topological polar surface area (TPSA) is 85.5 Å². The van der Waals surface area contributed by atoms with Crippen LogP contribution in [0.4, 0.5) is 11.4 Å². The van der Waals surface area contributed by atoms with E-state index in [1.807, 2.05) is 102 Å². The Morgan fingerprint density at radius 3 is 2.36 bits per heavy atom. The molecule has 8 nitrogen and oxygen atoms in total. The maximum Gasteiger partial charge on any atom is 0.271 e. The Kier molecular flexibility index (Phi) is 6.48. The van der Waals surface area contributed by atoms with Crippen molar-refractivity contribution in [3.63, 3.8) is 0 Å². The lowest BCUT2D eigenvalue weighted by molar-refractivity contribution is -0.384. The predicted molar refractivity (Wildman–Crippen MR) is 153 cm³/mol. The molecule has 3 aromatic carbocycles. The van der Waals surface area contributed by atoms with E-state index in [1.54, 1.807) is 18.3 Å². The van der Waals surface area contributed by atoms with Gasteiger partial charge in [-0.1, -0.05) is 30.3 Å². The smallest absolute Gasteiger partial charge is 0.271 e. The van der Waals surface area contributed by atoms with Gasteiger partial charge in [0.05, 0.1) is 22.3 Å². The lowest BCUT2D eigenvalue weighted by atomic mass is 10.0. The third-order valence-corrected chi connectivity index (χ3v) is 6.91. The minimum absolute atomic E-state index is 0.0272. The molecule has 1 fully saturated rings. The highest BCUT2D eigenvalue weighted by molar-refractivity contribution is 7.80. The van der Waals surface area contributed by atoms with Crippen molar-refractivity contribution in [1.82, 2.24) is 14.9 Å². The third kappa shape index (κ3) is 4.83. The van der Waals surface area contributed by atoms with Crippen LogP contribution in [0.3, 0.4) is 0 Å². The first-order valence-electron chi connectivity index (χ1n) is 12.3. The third-order valence-electron chi connectivity index (χ3n) is 6.59. The number of nitrogens with one attached hydrogen (secondary N) is 1. The maximum absolute atomic E-state index is 11.5. The molecule has 0 aliphatic carbocycles. The Balaban J connectivity index is 1.41. The Bertz CT molecular complexity index is 1620. The molecule has 0 saturated carbocycles. The average molecular weight is 534 g/mol. The van der Waals surface area contributed by atoms with Gasteiger partial charge < -0.3 is 19.5 Å². The number of thiocarbonyl (C=S) groups is 1. The summed E-state index contributed by atoms with van der Waals surface area (Å²) in [5.41, 5.74) is 3.34. The summed E-state index contributed by atoms with van der Waals surface area (Å²) in [5, 5.41) is 15.5. The van der Waals surface area contributed by atoms with Gasteiger partial charge in [-0.05, 0) is 78.9 Å². The first-order chi connectivity index (χ1) is 19.1. The second kappa shape index (κ2) is 10.4. The summed E-state index contributed by atoms with van der Waals surface area (Å²) in [6.45, 7) is 0. The Hall–Kier alpha value is -5.02. The van der Waals surface area contributed by atoms with Gasteiger partial charge in [0, 0.05) is 35.9 Å². The summed E-state index contributed by atoms with van der Waals surface area (Å²) < 4.78 is 7.95. The van der Waals surface area contributed by atoms with Crippen molar-refractivity contribution in [3.8, 4) is 17.2 Å². The fraction of sp³-hybridized carbons (Fsp3) is 0.0667. The fourth-order valence-electron chi connectivity index (χ4n) is 4.86. The van der Waals surface area contributed by atoms with Crippen LogP contribution in [0.15, 0.2) is 122 Å². The molecule has 39 heavy (non-hydrogen) atoms. The van der Waals surface area contributed by atoms with Gasteiger partial charge in [0.25, 0.3) is 5.69 Å². The van der Waals surface area contributed by atoms with Gasteiger partial charge in [-0.15, -0.1) is 0 Å². The molecule has 2 unspecified atom stereocenters. The van der Waals surface area contributed by atoms with Gasteiger partial charge >= 0.3 is 0 Å². The van der Waals surface area contributed by atoms with Gasteiger partial charge in [0.15, 0.2) is 5.11 Å². The van der Waals surface area contributed by atoms with E-state index in [0.29, 0.717) is 16.5 Å². The SMILES string of the molecule is O=[N+]([O-])c1cccc(-n2cccc2C2C(c3ccccn3)NC(=S)N2c2ccc(Oc3ccccc3)cc2)c1. The molecule has 5 aromatic rings. The van der Waals surface area contributed by atoms with E-state index in [-0.39, 0.29) is 22.7 Å². The molecule has 6 rings (SSSR count). The second-order valence-electron chi connectivity index (χ2n) is 8.99. The van der Waals surface area contributed by atoms with Crippen molar-refractivity contribution in [2.45, 2.75) is 12.1 Å². The molecule has 0 spiro atoms. The number of aromatic nitrogens is 2. The molecule has 0 radical (unpaired) electrons. The fourth-order valence-corrected chi connectivity index (χ4v) is 5.21. The molecular formula is C30H23N5O3S. The van der Waals surface area contributed by atoms with E-state index >= 15 is 0 Å². The molecule has 192 valence electrons. The molecule has 3 heterocycles. The van der Waals surface area contributed by atoms with Crippen LogP contribution in [0.5, 0.6) is 11.5 Å². The van der Waals surface area contributed by atoms with Gasteiger partial charge in [0.1, 0.15) is 17.5 Å². The molecule has 2 atom stereocenters. The summed E-state index contributed by atoms with van der Waals surface area (Å²) >= 11 is 5.86. The van der Waals surface area contributed by atoms with Gasteiger partial charge in [-0.2, -0.15) is 0 Å². The zero-order valence-corrected chi connectivity index (χ0v) is 21.4. The quantitative estimate of drug-likeness (QED) is 0.141. The number of nitrogens with zero attached hydrogens (tertiary/aromatic N) is 4. The molecule has 1 aliphatic rings. The number of hydrogen-bond acceptors (Lipinski definition) is 5. The number of nitro groups is 1. The number of para-hydroxylation sites is 1. The number of hydrogen-bond donors (Lipinski definition) is 1. The highest BCUT2D eigenvalue weighted by Crippen LogP contribution is 2.42. The zero-order valence-electron chi connectivity index (χ0n) is 20.6. The Morgan fingerprint density at radius 1 is 0.846 bits per heavy atom. The van der Waals surface area contributed by atoms with E-state index in [2.05, 4.69) is 15.2 Å². The van der Waals surface area contributed by atoms with Gasteiger partial charge in [-0.25, -0.2) is 0 Å². The van der Waals surface area contributed by atoms with Crippen molar-refractivity contribution in [2.75, 3.05) is 4.90 Å². The molecule has 1 saturated heterocycles. The van der Waals surface area contributed by atoms with Crippen LogP contribution < -0.4 is 15.0 Å². The number of benzene rings is 3. The number of ether oxygens (including phenoxy) is 1. The summed E-state index contributed by atoms with van der Waals surface area (Å²) in [6.07, 6.45) is 3.66. The van der Waals surface area contributed by atoms with Crippen LogP contribution in [-0.4, -0.2) is 19.6 Å². The van der Waals surface area contributed by atoms with E-state index in [0.717, 1.165) is 22.8 Å². The summed E-state index contributed by atoms with van der Waals surface area (Å²) in [4.78, 5) is 17.8. The first kappa shape index (κ1) is 24.3. The van der Waals surface area contributed by atoms with E-state index in [9.17, 15) is 10.1 Å². The van der Waals surface area contributed by atoms with Crippen LogP contribution in [0.2, 0.25) is 0 Å². The van der Waals surface area contributed by atoms with E-state index in [4.69, 9.17) is 17.0 Å². The molecule has 0 bridgehead atoms. The Labute approximate surface area is 230 Å². The van der Waals surface area contributed by atoms with Crippen molar-refractivity contribution in [2.24, 2.45) is 0 Å². The van der Waals surface area contributed by atoms with Gasteiger partial charge in [-0.3, -0.25) is 15.1 Å². The number of pyridine rings is 1. The number of non-ortho nitro benzene ring substituents is 1. The molecule has 1 N–H and O–H groups in total. The van der Waals surface area contributed by atoms with Crippen LogP contribution >= 0.6 is 12.2 Å². The lowest BCUT2D eigenvalue weighted by Crippen LogP contribution is -2.30. The number of nitro benzene ring substituents is 1. The van der Waals surface area contributed by atoms with Crippen LogP contribution in [0.1, 0.15) is 23.5 Å². The van der Waals surface area contributed by atoms with Gasteiger partial charge in [0.2, 0.25) is 0 Å². The average Bonchev–Trinajstić information content (AvgIpc) is 3.59. The van der Waals surface area contributed by atoms with Crippen LogP contribution in [-0.2, 0) is 0 Å². The zero-order chi connectivity index (χ0) is 26.8. The molecule has 9 heteroatoms. The molecule has 0 amide bonds. The predicted octanol–water partition coefficient (Wildman–Crippen LogP) is 6.75. The minimum atomic E-state index is -0.388. The normalized spacial score (nSPS) is 16.6. The summed E-state index contributed by atoms with van der Waals surface area (Å²) in [7, 11) is 0. The van der Waals surface area contributed by atoms with E-state index < -0.39 is 0 Å². The standard InChI is InChI=1S/C30H23N5O3S/c36-35(37)23-9-6-8-22(20-23)33-19-7-13-27(33)29-28(26-12-4-5-18-31-26)32-30(39)34(29)21-14-16-25(17-15-21)38-24-10-2-1-3-11-24/h1-20,28-29H,(H,32,39). The Morgan fingerprint density at radius 2 is 1.62 bits per heavy atom. The van der Waals surface area contributed by atoms with Crippen molar-refractivity contribution >= 4 is 28.7 Å². The lowest BCUT2D eigenvalue weighted by Gasteiger charge is -2.29. The summed E-state index contributed by atoms with van der Waals surface area (Å²) in [5.74, 6) is 1.47. The molecule has 1 aliphatic heterocycles. The van der Waals surface area contributed by atoms with Crippen LogP contribution in [0, 0.1) is 10.1 Å². The largest absolute Gasteiger partial charge is 0.457 e. The highest BCUT2D eigenvalue weighted by Gasteiger charge is 2.42. The maximum atomic E-state index is 11.5. The van der Waals surface area contributed by atoms with Crippen molar-refractivity contribution in [1.29, 1.82) is 0 Å². The number of rotatable bonds is 7. The van der Waals surface area contributed by atoms with Crippen molar-refractivity contribution < 1.29 is 9.66 Å². The minimum Gasteiger partial charge on any atom is -0.457 e. The molecular weight excluding hydrogens is 510 g/mol. The highest BCUT2D eigenvalue weighted by atomic mass is 32.1. The van der Waals surface area contributed by atoms with Crippen LogP contribution in [0.25, 0.3) is 5.69 Å². The monoisotopic (exact) mass is 533 g/mol.